The molecule has 2 rings (SSSR count). The predicted octanol–water partition coefficient (Wildman–Crippen LogP) is 2.80. The molecule has 5 heteroatoms. The third kappa shape index (κ3) is 2.65. The Kier molecular flexibility index (Phi) is 3.37. The topological polar surface area (TPSA) is 69.6 Å². The third-order valence-corrected chi connectivity index (χ3v) is 2.68. The predicted molar refractivity (Wildman–Crippen MR) is 68.9 cm³/mol. The summed E-state index contributed by atoms with van der Waals surface area (Å²) < 4.78 is 13.1. The summed E-state index contributed by atoms with van der Waals surface area (Å²) >= 11 is 0. The fraction of sp³-hybridized carbons (Fsp3) is 0.0714. The molecule has 4 nitrogen and oxygen atoms in total. The van der Waals surface area contributed by atoms with Crippen molar-refractivity contribution in [2.24, 2.45) is 0 Å². The minimum atomic E-state index is -0.584. The van der Waals surface area contributed by atoms with Gasteiger partial charge in [0.25, 0.3) is 5.91 Å². The van der Waals surface area contributed by atoms with Crippen molar-refractivity contribution in [3.8, 4) is 11.5 Å². The molecule has 0 spiro atoms. The first kappa shape index (κ1) is 12.9. The van der Waals surface area contributed by atoms with E-state index in [4.69, 9.17) is 0 Å². The number of carbonyl (C=O) groups excluding carboxylic acids is 1. The average molecular weight is 261 g/mol. The number of aryl methyl sites for hydroxylation is 1. The van der Waals surface area contributed by atoms with E-state index < -0.39 is 11.7 Å². The Morgan fingerprint density at radius 1 is 1.21 bits per heavy atom. The molecule has 0 fully saturated rings. The number of hydrogen-bond donors (Lipinski definition) is 3. The zero-order chi connectivity index (χ0) is 14.0. The summed E-state index contributed by atoms with van der Waals surface area (Å²) in [6, 6.07) is 8.23. The van der Waals surface area contributed by atoms with Gasteiger partial charge in [-0.3, -0.25) is 4.79 Å². The van der Waals surface area contributed by atoms with Crippen molar-refractivity contribution in [2.75, 3.05) is 5.32 Å². The van der Waals surface area contributed by atoms with Crippen molar-refractivity contribution in [1.82, 2.24) is 0 Å². The molecular formula is C14H12FNO3. The van der Waals surface area contributed by atoms with Crippen LogP contribution in [0.15, 0.2) is 36.4 Å². The van der Waals surface area contributed by atoms with E-state index in [9.17, 15) is 19.4 Å². The molecule has 0 bridgehead atoms. The maximum Gasteiger partial charge on any atom is 0.259 e. The highest BCUT2D eigenvalue weighted by Crippen LogP contribution is 2.28. The van der Waals surface area contributed by atoms with E-state index in [-0.39, 0.29) is 17.1 Å². The van der Waals surface area contributed by atoms with E-state index in [0.717, 1.165) is 0 Å². The Balaban J connectivity index is 2.26. The molecule has 0 aliphatic heterocycles. The highest BCUT2D eigenvalue weighted by Gasteiger charge is 2.14. The fourth-order valence-corrected chi connectivity index (χ4v) is 1.64. The van der Waals surface area contributed by atoms with Crippen LogP contribution < -0.4 is 5.32 Å². The van der Waals surface area contributed by atoms with Crippen molar-refractivity contribution in [3.05, 3.63) is 53.3 Å². The van der Waals surface area contributed by atoms with Gasteiger partial charge < -0.3 is 15.5 Å². The second kappa shape index (κ2) is 4.97. The summed E-state index contributed by atoms with van der Waals surface area (Å²) in [6.07, 6.45) is 0. The Morgan fingerprint density at radius 3 is 2.63 bits per heavy atom. The van der Waals surface area contributed by atoms with Gasteiger partial charge in [0.05, 0.1) is 5.56 Å². The first-order valence-corrected chi connectivity index (χ1v) is 5.57. The number of phenolic OH excluding ortho intramolecular Hbond substituents is 2. The highest BCUT2D eigenvalue weighted by molar-refractivity contribution is 6.06. The van der Waals surface area contributed by atoms with Crippen LogP contribution in [0.25, 0.3) is 0 Å². The van der Waals surface area contributed by atoms with Crippen molar-refractivity contribution in [3.63, 3.8) is 0 Å². The van der Waals surface area contributed by atoms with E-state index in [2.05, 4.69) is 5.32 Å². The monoisotopic (exact) mass is 261 g/mol. The normalized spacial score (nSPS) is 10.2. The van der Waals surface area contributed by atoms with E-state index in [1.54, 1.807) is 6.92 Å². The maximum atomic E-state index is 13.1. The number of nitrogens with one attached hydrogen (secondary N) is 1. The zero-order valence-electron chi connectivity index (χ0n) is 10.1. The van der Waals surface area contributed by atoms with Gasteiger partial charge in [0.1, 0.15) is 5.82 Å². The van der Waals surface area contributed by atoms with Crippen LogP contribution in [0.5, 0.6) is 11.5 Å². The van der Waals surface area contributed by atoms with Gasteiger partial charge >= 0.3 is 0 Å². The number of aromatic hydroxyl groups is 2. The van der Waals surface area contributed by atoms with Gasteiger partial charge in [0, 0.05) is 5.69 Å². The third-order valence-electron chi connectivity index (χ3n) is 2.68. The van der Waals surface area contributed by atoms with Gasteiger partial charge in [0.2, 0.25) is 0 Å². The molecule has 0 aliphatic rings. The molecular weight excluding hydrogens is 249 g/mol. The van der Waals surface area contributed by atoms with Gasteiger partial charge in [-0.2, -0.15) is 0 Å². The van der Waals surface area contributed by atoms with Crippen molar-refractivity contribution in [1.29, 1.82) is 0 Å². The molecule has 0 heterocycles. The fourth-order valence-electron chi connectivity index (χ4n) is 1.64. The number of amides is 1. The lowest BCUT2D eigenvalue weighted by Gasteiger charge is -2.08. The summed E-state index contributed by atoms with van der Waals surface area (Å²) in [6.45, 7) is 1.58. The number of carbonyl (C=O) groups is 1. The summed E-state index contributed by atoms with van der Waals surface area (Å²) in [5.41, 5.74) is 0.756. The van der Waals surface area contributed by atoms with Crippen LogP contribution in [0.2, 0.25) is 0 Å². The van der Waals surface area contributed by atoms with E-state index in [0.29, 0.717) is 11.3 Å². The number of benzene rings is 2. The summed E-state index contributed by atoms with van der Waals surface area (Å²) in [5.74, 6) is -1.81. The zero-order valence-corrected chi connectivity index (χ0v) is 10.1. The standard InChI is InChI=1S/C14H12FNO3/c1-8-7-9(5-6-11(8)15)16-14(19)10-3-2-4-12(17)13(10)18/h2-7,17-18H,1H3,(H,16,19). The second-order valence-electron chi connectivity index (χ2n) is 4.09. The number of anilines is 1. The molecule has 19 heavy (non-hydrogen) atoms. The van der Waals surface area contributed by atoms with Gasteiger partial charge in [-0.25, -0.2) is 4.39 Å². The second-order valence-corrected chi connectivity index (χ2v) is 4.09. The minimum absolute atomic E-state index is 0.0537. The lowest BCUT2D eigenvalue weighted by molar-refractivity contribution is 0.102. The minimum Gasteiger partial charge on any atom is -0.504 e. The largest absolute Gasteiger partial charge is 0.504 e. The number of rotatable bonds is 2. The molecule has 98 valence electrons. The molecule has 0 saturated heterocycles. The summed E-state index contributed by atoms with van der Waals surface area (Å²) in [4.78, 5) is 11.9. The Labute approximate surface area is 109 Å². The number of hydrogen-bond acceptors (Lipinski definition) is 3. The molecule has 3 N–H and O–H groups in total. The molecule has 0 unspecified atom stereocenters. The lowest BCUT2D eigenvalue weighted by atomic mass is 10.1. The number of halogens is 1. The van der Waals surface area contributed by atoms with Gasteiger partial charge in [-0.05, 0) is 42.8 Å². The quantitative estimate of drug-likeness (QED) is 0.728. The number of phenols is 2. The summed E-state index contributed by atoms with van der Waals surface area (Å²) in [7, 11) is 0. The molecule has 0 atom stereocenters. The molecule has 0 aromatic heterocycles. The van der Waals surface area contributed by atoms with E-state index >= 15 is 0 Å². The van der Waals surface area contributed by atoms with E-state index in [1.807, 2.05) is 0 Å². The first-order chi connectivity index (χ1) is 8.99. The van der Waals surface area contributed by atoms with Crippen LogP contribution in [0.3, 0.4) is 0 Å². The molecule has 0 aliphatic carbocycles. The summed E-state index contributed by atoms with van der Waals surface area (Å²) in [5, 5.41) is 21.4. The Morgan fingerprint density at radius 2 is 1.95 bits per heavy atom. The van der Waals surface area contributed by atoms with Crippen LogP contribution in [-0.2, 0) is 0 Å². The smallest absolute Gasteiger partial charge is 0.259 e. The molecule has 2 aromatic rings. The van der Waals surface area contributed by atoms with Crippen molar-refractivity contribution < 1.29 is 19.4 Å². The van der Waals surface area contributed by atoms with Crippen LogP contribution in [0.4, 0.5) is 10.1 Å². The van der Waals surface area contributed by atoms with Crippen LogP contribution in [0, 0.1) is 12.7 Å². The average Bonchev–Trinajstić information content (AvgIpc) is 2.37. The Hall–Kier alpha value is -2.56. The molecule has 0 saturated carbocycles. The lowest BCUT2D eigenvalue weighted by Crippen LogP contribution is -2.12. The Bertz CT molecular complexity index is 641. The molecule has 2 aromatic carbocycles. The number of para-hydroxylation sites is 1. The van der Waals surface area contributed by atoms with Gasteiger partial charge in [0.15, 0.2) is 11.5 Å². The molecule has 0 radical (unpaired) electrons. The van der Waals surface area contributed by atoms with Crippen LogP contribution in [-0.4, -0.2) is 16.1 Å². The first-order valence-electron chi connectivity index (χ1n) is 5.57. The van der Waals surface area contributed by atoms with Gasteiger partial charge in [-0.15, -0.1) is 0 Å². The van der Waals surface area contributed by atoms with E-state index in [1.165, 1.54) is 36.4 Å². The molecule has 1 amide bonds. The van der Waals surface area contributed by atoms with Crippen LogP contribution >= 0.6 is 0 Å². The van der Waals surface area contributed by atoms with Crippen molar-refractivity contribution >= 4 is 11.6 Å². The highest BCUT2D eigenvalue weighted by atomic mass is 19.1. The van der Waals surface area contributed by atoms with Crippen LogP contribution in [0.1, 0.15) is 15.9 Å². The SMILES string of the molecule is Cc1cc(NC(=O)c2cccc(O)c2O)ccc1F. The van der Waals surface area contributed by atoms with Gasteiger partial charge in [-0.1, -0.05) is 6.07 Å². The maximum absolute atomic E-state index is 13.1. The van der Waals surface area contributed by atoms with Crippen molar-refractivity contribution in [2.45, 2.75) is 6.92 Å².